The van der Waals surface area contributed by atoms with Crippen LogP contribution in [0.25, 0.3) is 11.0 Å². The van der Waals surface area contributed by atoms with Crippen molar-refractivity contribution in [2.45, 2.75) is 69.0 Å². The highest BCUT2D eigenvalue weighted by atomic mass is 32.2. The smallest absolute Gasteiger partial charge is 0.378 e. The lowest BCUT2D eigenvalue weighted by atomic mass is 9.95. The van der Waals surface area contributed by atoms with Crippen molar-refractivity contribution in [3.05, 3.63) is 70.4 Å². The first-order chi connectivity index (χ1) is 17.9. The van der Waals surface area contributed by atoms with E-state index >= 15 is 0 Å². The van der Waals surface area contributed by atoms with Gasteiger partial charge in [0.05, 0.1) is 23.1 Å². The molecule has 2 heterocycles. The summed E-state index contributed by atoms with van der Waals surface area (Å²) in [7, 11) is 0. The van der Waals surface area contributed by atoms with E-state index in [2.05, 4.69) is 25.1 Å². The minimum Gasteiger partial charge on any atom is -0.378 e. The third kappa shape index (κ3) is 5.87. The van der Waals surface area contributed by atoms with Gasteiger partial charge < -0.3 is 14.9 Å². The summed E-state index contributed by atoms with van der Waals surface area (Å²) >= 11 is 1.61. The van der Waals surface area contributed by atoms with Gasteiger partial charge in [-0.25, -0.2) is 4.79 Å². The number of anilines is 1. The highest BCUT2D eigenvalue weighted by molar-refractivity contribution is 7.99. The van der Waals surface area contributed by atoms with Gasteiger partial charge in [0.15, 0.2) is 11.0 Å². The molecule has 1 aliphatic rings. The first-order valence-electron chi connectivity index (χ1n) is 12.6. The van der Waals surface area contributed by atoms with E-state index in [1.165, 1.54) is 12.5 Å². The fourth-order valence-electron chi connectivity index (χ4n) is 4.93. The predicted molar refractivity (Wildman–Crippen MR) is 139 cm³/mol. The van der Waals surface area contributed by atoms with Crippen molar-refractivity contribution in [3.63, 3.8) is 0 Å². The molecule has 1 fully saturated rings. The summed E-state index contributed by atoms with van der Waals surface area (Å²) in [6.07, 6.45) is 1.94. The third-order valence-corrected chi connectivity index (χ3v) is 7.78. The zero-order chi connectivity index (χ0) is 25.8. The Balaban J connectivity index is 1.27. The standard InChI is InChI=1S/C26H29F3N6OS/c27-26(28,29)18-8-6-9-19(16-18)30-17-23-32-33-25(35(23)20-10-2-1-3-11-20)37-15-7-14-34-22-13-5-4-12-21(22)31-24(34)36/h4-6,8-9,12-13,16,20,30H,1-3,7,10-11,14-15,17H2,(H,31,36). The fraction of sp³-hybridized carbons (Fsp3) is 0.423. The average Bonchev–Trinajstić information content (AvgIpc) is 3.45. The number of halogens is 3. The summed E-state index contributed by atoms with van der Waals surface area (Å²) in [5, 5.41) is 12.8. The maximum atomic E-state index is 13.1. The predicted octanol–water partition coefficient (Wildman–Crippen LogP) is 6.24. The second kappa shape index (κ2) is 11.0. The van der Waals surface area contributed by atoms with E-state index in [4.69, 9.17) is 0 Å². The van der Waals surface area contributed by atoms with Crippen LogP contribution in [-0.4, -0.2) is 30.1 Å². The van der Waals surface area contributed by atoms with Crippen LogP contribution in [0.1, 0.15) is 56.0 Å². The molecule has 0 radical (unpaired) electrons. The Morgan fingerprint density at radius 2 is 1.86 bits per heavy atom. The van der Waals surface area contributed by atoms with Gasteiger partial charge in [-0.15, -0.1) is 10.2 Å². The number of aromatic amines is 1. The SMILES string of the molecule is O=c1[nH]c2ccccc2n1CCCSc1nnc(CNc2cccc(C(F)(F)F)c2)n1C1CCCCC1. The van der Waals surface area contributed by atoms with E-state index < -0.39 is 11.7 Å². The van der Waals surface area contributed by atoms with E-state index in [1.807, 2.05) is 24.3 Å². The Kier molecular flexibility index (Phi) is 7.59. The van der Waals surface area contributed by atoms with Crippen molar-refractivity contribution in [3.8, 4) is 0 Å². The van der Waals surface area contributed by atoms with Crippen LogP contribution in [0.5, 0.6) is 0 Å². The Hall–Kier alpha value is -3.21. The molecule has 0 atom stereocenters. The van der Waals surface area contributed by atoms with Crippen LogP contribution >= 0.6 is 11.8 Å². The lowest BCUT2D eigenvalue weighted by molar-refractivity contribution is -0.137. The zero-order valence-electron chi connectivity index (χ0n) is 20.3. The molecule has 2 N–H and O–H groups in total. The summed E-state index contributed by atoms with van der Waals surface area (Å²) in [4.78, 5) is 15.2. The Bertz CT molecular complexity index is 1400. The van der Waals surface area contributed by atoms with Gasteiger partial charge in [0.2, 0.25) is 0 Å². The molecule has 7 nitrogen and oxygen atoms in total. The minimum absolute atomic E-state index is 0.112. The largest absolute Gasteiger partial charge is 0.416 e. The first-order valence-corrected chi connectivity index (χ1v) is 13.5. The van der Waals surface area contributed by atoms with Gasteiger partial charge >= 0.3 is 11.9 Å². The molecule has 5 rings (SSSR count). The Labute approximate surface area is 216 Å². The van der Waals surface area contributed by atoms with Crippen LogP contribution < -0.4 is 11.0 Å². The molecule has 0 amide bonds. The van der Waals surface area contributed by atoms with Crippen molar-refractivity contribution >= 4 is 28.5 Å². The van der Waals surface area contributed by atoms with Crippen LogP contribution in [-0.2, 0) is 19.3 Å². The summed E-state index contributed by atoms with van der Waals surface area (Å²) in [5.74, 6) is 1.48. The van der Waals surface area contributed by atoms with E-state index in [1.54, 1.807) is 22.4 Å². The summed E-state index contributed by atoms with van der Waals surface area (Å²) in [6.45, 7) is 0.882. The maximum Gasteiger partial charge on any atom is 0.416 e. The average molecular weight is 531 g/mol. The van der Waals surface area contributed by atoms with Crippen molar-refractivity contribution < 1.29 is 13.2 Å². The number of hydrogen-bond donors (Lipinski definition) is 2. The summed E-state index contributed by atoms with van der Waals surface area (Å²) in [5.41, 5.74) is 1.32. The molecular formula is C26H29F3N6OS. The second-order valence-corrected chi connectivity index (χ2v) is 10.4. The van der Waals surface area contributed by atoms with Gasteiger partial charge in [0.1, 0.15) is 0 Å². The zero-order valence-corrected chi connectivity index (χ0v) is 21.1. The van der Waals surface area contributed by atoms with Crippen molar-refractivity contribution in [1.82, 2.24) is 24.3 Å². The third-order valence-electron chi connectivity index (χ3n) is 6.75. The number of nitrogens with zero attached hydrogens (tertiary/aromatic N) is 4. The van der Waals surface area contributed by atoms with Crippen molar-refractivity contribution in [2.24, 2.45) is 0 Å². The monoisotopic (exact) mass is 530 g/mol. The van der Waals surface area contributed by atoms with Crippen molar-refractivity contribution in [2.75, 3.05) is 11.1 Å². The van der Waals surface area contributed by atoms with Gasteiger partial charge in [-0.2, -0.15) is 13.2 Å². The van der Waals surface area contributed by atoms with Crippen LogP contribution in [0.3, 0.4) is 0 Å². The number of imidazole rings is 1. The summed E-state index contributed by atoms with van der Waals surface area (Å²) in [6, 6.07) is 13.1. The van der Waals surface area contributed by atoms with Gasteiger partial charge in [-0.1, -0.05) is 49.2 Å². The molecule has 4 aromatic rings. The molecule has 0 saturated heterocycles. The molecule has 0 aliphatic heterocycles. The maximum absolute atomic E-state index is 13.1. The quantitative estimate of drug-likeness (QED) is 0.198. The van der Waals surface area contributed by atoms with E-state index in [0.717, 1.165) is 72.0 Å². The normalized spacial score (nSPS) is 14.9. The number of H-pyrrole nitrogens is 1. The molecule has 0 spiro atoms. The highest BCUT2D eigenvalue weighted by Crippen LogP contribution is 2.34. The van der Waals surface area contributed by atoms with Gasteiger partial charge in [0, 0.05) is 24.0 Å². The Morgan fingerprint density at radius 1 is 1.05 bits per heavy atom. The van der Waals surface area contributed by atoms with Gasteiger partial charge in [0.25, 0.3) is 0 Å². The fourth-order valence-corrected chi connectivity index (χ4v) is 5.88. The van der Waals surface area contributed by atoms with Crippen molar-refractivity contribution in [1.29, 1.82) is 0 Å². The first kappa shape index (κ1) is 25.4. The number of aromatic nitrogens is 5. The lowest BCUT2D eigenvalue weighted by Crippen LogP contribution is -2.19. The topological polar surface area (TPSA) is 80.5 Å². The number of fused-ring (bicyclic) bond motifs is 1. The molecule has 1 saturated carbocycles. The number of thioether (sulfide) groups is 1. The number of para-hydroxylation sites is 2. The van der Waals surface area contributed by atoms with Crippen LogP contribution in [0.4, 0.5) is 18.9 Å². The number of benzene rings is 2. The highest BCUT2D eigenvalue weighted by Gasteiger charge is 2.30. The summed E-state index contributed by atoms with van der Waals surface area (Å²) < 4.78 is 43.2. The van der Waals surface area contributed by atoms with E-state index in [0.29, 0.717) is 12.2 Å². The molecule has 11 heteroatoms. The molecule has 2 aromatic heterocycles. The van der Waals surface area contributed by atoms with E-state index in [9.17, 15) is 18.0 Å². The van der Waals surface area contributed by atoms with Crippen LogP contribution in [0.2, 0.25) is 0 Å². The van der Waals surface area contributed by atoms with Crippen LogP contribution in [0.15, 0.2) is 58.5 Å². The van der Waals surface area contributed by atoms with E-state index in [-0.39, 0.29) is 18.3 Å². The number of rotatable bonds is 9. The lowest BCUT2D eigenvalue weighted by Gasteiger charge is -2.25. The molecular weight excluding hydrogens is 501 g/mol. The molecule has 1 aliphatic carbocycles. The molecule has 2 aromatic carbocycles. The second-order valence-electron chi connectivity index (χ2n) is 9.29. The molecule has 0 bridgehead atoms. The molecule has 0 unspecified atom stereocenters. The Morgan fingerprint density at radius 3 is 2.68 bits per heavy atom. The minimum atomic E-state index is -4.39. The number of alkyl halides is 3. The van der Waals surface area contributed by atoms with Gasteiger partial charge in [-0.05, 0) is 49.6 Å². The molecule has 37 heavy (non-hydrogen) atoms. The number of nitrogens with one attached hydrogen (secondary N) is 2. The van der Waals surface area contributed by atoms with Crippen LogP contribution in [0, 0.1) is 0 Å². The van der Waals surface area contributed by atoms with Gasteiger partial charge in [-0.3, -0.25) is 4.57 Å². The number of hydrogen-bond acceptors (Lipinski definition) is 5. The molecule has 196 valence electrons. The number of aryl methyl sites for hydroxylation is 1.